The van der Waals surface area contributed by atoms with Crippen molar-refractivity contribution in [3.63, 3.8) is 0 Å². The average Bonchev–Trinajstić information content (AvgIpc) is 2.97. The number of aryl methyl sites for hydroxylation is 1. The summed E-state index contributed by atoms with van der Waals surface area (Å²) in [6.07, 6.45) is 1.50. The molecule has 218 valence electrons. The van der Waals surface area contributed by atoms with E-state index in [9.17, 15) is 29.1 Å². The predicted octanol–water partition coefficient (Wildman–Crippen LogP) is 5.61. The molecule has 1 saturated carbocycles. The minimum atomic E-state index is -0.847. The number of amides is 2. The molecule has 1 aliphatic carbocycles. The number of aliphatic carboxylic acids is 1. The Balaban J connectivity index is 1.55. The summed E-state index contributed by atoms with van der Waals surface area (Å²) in [6.45, 7) is 3.62. The van der Waals surface area contributed by atoms with Gasteiger partial charge in [-0.3, -0.25) is 14.4 Å². The van der Waals surface area contributed by atoms with Crippen LogP contribution >= 0.6 is 0 Å². The summed E-state index contributed by atoms with van der Waals surface area (Å²) in [7, 11) is 1.37. The number of benzene rings is 3. The highest BCUT2D eigenvalue weighted by Gasteiger charge is 2.38. The van der Waals surface area contributed by atoms with Crippen LogP contribution in [-0.2, 0) is 11.3 Å². The molecule has 0 heterocycles. The van der Waals surface area contributed by atoms with Crippen molar-refractivity contribution < 1.29 is 33.4 Å². The minimum Gasteiger partial charge on any atom is -0.496 e. The highest BCUT2D eigenvalue weighted by Crippen LogP contribution is 2.39. The van der Waals surface area contributed by atoms with Crippen molar-refractivity contribution in [1.82, 2.24) is 5.32 Å². The number of rotatable bonds is 9. The van der Waals surface area contributed by atoms with Crippen molar-refractivity contribution in [3.05, 3.63) is 88.2 Å². The number of nitriles is 1. The van der Waals surface area contributed by atoms with E-state index in [1.54, 1.807) is 37.3 Å². The first-order chi connectivity index (χ1) is 20.0. The largest absolute Gasteiger partial charge is 0.496 e. The molecule has 1 aliphatic rings. The van der Waals surface area contributed by atoms with Crippen LogP contribution < -0.4 is 20.1 Å². The van der Waals surface area contributed by atoms with Gasteiger partial charge in [-0.05, 0) is 81.0 Å². The van der Waals surface area contributed by atoms with Gasteiger partial charge in [-0.25, -0.2) is 4.39 Å². The summed E-state index contributed by atoms with van der Waals surface area (Å²) < 4.78 is 25.1. The SMILES string of the molecule is COc1cc(C#N)c(OC2CCC(C)(C(=O)O)CC2)cc1C(=O)Nc1cc(C)ccc1C(=O)NCc1cccc(F)c1. The van der Waals surface area contributed by atoms with Crippen molar-refractivity contribution >= 4 is 23.5 Å². The molecule has 0 unspecified atom stereocenters. The standard InChI is InChI=1S/C32H32FN3O6/c1-19-7-8-24(29(37)35-18-20-5-4-6-22(33)14-20)26(13-19)36-30(38)25-16-27(21(17-34)15-28(25)41-3)42-23-9-11-32(2,12-10-23)31(39)40/h4-8,13-16,23H,9-12,18H2,1-3H3,(H,35,37)(H,36,38)(H,39,40). The van der Waals surface area contributed by atoms with E-state index in [1.165, 1.54) is 31.4 Å². The lowest BCUT2D eigenvalue weighted by Crippen LogP contribution is -2.36. The van der Waals surface area contributed by atoms with E-state index >= 15 is 0 Å². The lowest BCUT2D eigenvalue weighted by atomic mass is 9.75. The van der Waals surface area contributed by atoms with Gasteiger partial charge in [-0.15, -0.1) is 0 Å². The molecule has 0 bridgehead atoms. The Labute approximate surface area is 243 Å². The van der Waals surface area contributed by atoms with E-state index in [0.717, 1.165) is 5.56 Å². The molecular weight excluding hydrogens is 541 g/mol. The van der Waals surface area contributed by atoms with Crippen molar-refractivity contribution in [2.24, 2.45) is 5.41 Å². The number of ether oxygens (including phenoxy) is 2. The van der Waals surface area contributed by atoms with Gasteiger partial charge in [0.1, 0.15) is 23.4 Å². The van der Waals surface area contributed by atoms with Gasteiger partial charge < -0.3 is 25.2 Å². The molecule has 42 heavy (non-hydrogen) atoms. The van der Waals surface area contributed by atoms with E-state index in [-0.39, 0.29) is 46.5 Å². The lowest BCUT2D eigenvalue weighted by Gasteiger charge is -2.34. The summed E-state index contributed by atoms with van der Waals surface area (Å²) >= 11 is 0. The normalized spacial score (nSPS) is 17.9. The zero-order valence-corrected chi connectivity index (χ0v) is 23.6. The molecule has 4 rings (SSSR count). The number of nitrogens with one attached hydrogen (secondary N) is 2. The first-order valence-electron chi connectivity index (χ1n) is 13.5. The van der Waals surface area contributed by atoms with Gasteiger partial charge in [0.25, 0.3) is 11.8 Å². The monoisotopic (exact) mass is 573 g/mol. The van der Waals surface area contributed by atoms with Crippen LogP contribution in [-0.4, -0.2) is 36.1 Å². The minimum absolute atomic E-state index is 0.0882. The Hall–Kier alpha value is -4.91. The fourth-order valence-electron chi connectivity index (χ4n) is 4.90. The van der Waals surface area contributed by atoms with Crippen LogP contribution in [0.4, 0.5) is 10.1 Å². The maximum absolute atomic E-state index is 13.5. The van der Waals surface area contributed by atoms with E-state index in [0.29, 0.717) is 31.2 Å². The van der Waals surface area contributed by atoms with Crippen molar-refractivity contribution in [1.29, 1.82) is 5.26 Å². The van der Waals surface area contributed by atoms with Crippen LogP contribution in [0, 0.1) is 29.5 Å². The number of carboxylic acid groups (broad SMARTS) is 1. The Morgan fingerprint density at radius 3 is 2.43 bits per heavy atom. The molecule has 0 saturated heterocycles. The van der Waals surface area contributed by atoms with Crippen LogP contribution in [0.2, 0.25) is 0 Å². The quantitative estimate of drug-likeness (QED) is 0.303. The Morgan fingerprint density at radius 1 is 1.05 bits per heavy atom. The number of hydrogen-bond donors (Lipinski definition) is 3. The number of carboxylic acids is 1. The molecule has 0 aliphatic heterocycles. The number of carbonyl (C=O) groups excluding carboxylic acids is 2. The summed E-state index contributed by atoms with van der Waals surface area (Å²) in [5.74, 6) is -1.98. The first-order valence-corrected chi connectivity index (χ1v) is 13.5. The summed E-state index contributed by atoms with van der Waals surface area (Å²) in [5.41, 5.74) is 1.28. The number of halogens is 1. The number of hydrogen-bond acceptors (Lipinski definition) is 6. The zero-order chi connectivity index (χ0) is 30.4. The highest BCUT2D eigenvalue weighted by molar-refractivity contribution is 6.10. The summed E-state index contributed by atoms with van der Waals surface area (Å²) in [4.78, 5) is 38.2. The molecule has 0 radical (unpaired) electrons. The molecule has 0 spiro atoms. The van der Waals surface area contributed by atoms with Gasteiger partial charge in [0, 0.05) is 12.6 Å². The third kappa shape index (κ3) is 6.86. The van der Waals surface area contributed by atoms with Crippen LogP contribution in [0.25, 0.3) is 0 Å². The second kappa shape index (κ2) is 12.7. The van der Waals surface area contributed by atoms with Gasteiger partial charge in [-0.2, -0.15) is 5.26 Å². The van der Waals surface area contributed by atoms with Crippen LogP contribution in [0.5, 0.6) is 11.5 Å². The van der Waals surface area contributed by atoms with E-state index in [1.807, 2.05) is 6.92 Å². The van der Waals surface area contributed by atoms with Gasteiger partial charge in [0.05, 0.1) is 41.0 Å². The molecule has 10 heteroatoms. The van der Waals surface area contributed by atoms with Gasteiger partial charge in [0.2, 0.25) is 0 Å². The van der Waals surface area contributed by atoms with Crippen LogP contribution in [0.1, 0.15) is 70.0 Å². The zero-order valence-electron chi connectivity index (χ0n) is 23.6. The fourth-order valence-corrected chi connectivity index (χ4v) is 4.90. The topological polar surface area (TPSA) is 138 Å². The van der Waals surface area contributed by atoms with Crippen LogP contribution in [0.15, 0.2) is 54.6 Å². The smallest absolute Gasteiger partial charge is 0.309 e. The van der Waals surface area contributed by atoms with Crippen molar-refractivity contribution in [2.75, 3.05) is 12.4 Å². The number of anilines is 1. The van der Waals surface area contributed by atoms with E-state index < -0.39 is 29.0 Å². The molecular formula is C32H32FN3O6. The number of carbonyl (C=O) groups is 3. The third-order valence-electron chi connectivity index (χ3n) is 7.52. The van der Waals surface area contributed by atoms with Crippen LogP contribution in [0.3, 0.4) is 0 Å². The fraction of sp³-hybridized carbons (Fsp3) is 0.312. The molecule has 3 N–H and O–H groups in total. The van der Waals surface area contributed by atoms with E-state index in [4.69, 9.17) is 9.47 Å². The second-order valence-electron chi connectivity index (χ2n) is 10.7. The maximum Gasteiger partial charge on any atom is 0.309 e. The third-order valence-corrected chi connectivity index (χ3v) is 7.52. The van der Waals surface area contributed by atoms with Gasteiger partial charge >= 0.3 is 5.97 Å². The first kappa shape index (κ1) is 30.1. The lowest BCUT2D eigenvalue weighted by molar-refractivity contribution is -0.150. The molecule has 9 nitrogen and oxygen atoms in total. The van der Waals surface area contributed by atoms with Crippen molar-refractivity contribution in [3.8, 4) is 17.6 Å². The molecule has 1 fully saturated rings. The number of methoxy groups -OCH3 is 1. The number of nitrogens with zero attached hydrogens (tertiary/aromatic N) is 1. The molecule has 2 amide bonds. The van der Waals surface area contributed by atoms with E-state index in [2.05, 4.69) is 16.7 Å². The van der Waals surface area contributed by atoms with Gasteiger partial charge in [-0.1, -0.05) is 18.2 Å². The maximum atomic E-state index is 13.5. The molecule has 3 aromatic rings. The van der Waals surface area contributed by atoms with Gasteiger partial charge in [0.15, 0.2) is 0 Å². The predicted molar refractivity (Wildman–Crippen MR) is 153 cm³/mol. The summed E-state index contributed by atoms with van der Waals surface area (Å²) in [5, 5.41) is 24.8. The molecule has 0 aromatic heterocycles. The average molecular weight is 574 g/mol. The second-order valence-corrected chi connectivity index (χ2v) is 10.7. The highest BCUT2D eigenvalue weighted by atomic mass is 19.1. The summed E-state index contributed by atoms with van der Waals surface area (Å²) in [6, 6.07) is 15.8. The Morgan fingerprint density at radius 2 is 1.79 bits per heavy atom. The molecule has 3 aromatic carbocycles. The molecule has 0 atom stereocenters. The van der Waals surface area contributed by atoms with Crippen molar-refractivity contribution in [2.45, 2.75) is 52.2 Å². The Bertz CT molecular complexity index is 1560. The Kier molecular flexibility index (Phi) is 9.11.